The highest BCUT2D eigenvalue weighted by molar-refractivity contribution is 5.92. The fourth-order valence-corrected chi connectivity index (χ4v) is 1.32. The molecule has 0 saturated carbocycles. The van der Waals surface area contributed by atoms with Crippen molar-refractivity contribution in [2.75, 3.05) is 7.11 Å². The van der Waals surface area contributed by atoms with Crippen molar-refractivity contribution in [2.24, 2.45) is 0 Å². The van der Waals surface area contributed by atoms with Crippen molar-refractivity contribution in [3.05, 3.63) is 35.9 Å². The molecule has 6 nitrogen and oxygen atoms in total. The largest absolute Gasteiger partial charge is 0.465 e. The molecule has 0 amide bonds. The fraction of sp³-hybridized carbons (Fsp3) is 0.200. The second-order valence-corrected chi connectivity index (χ2v) is 3.15. The molecule has 0 bridgehead atoms. The van der Waals surface area contributed by atoms with Gasteiger partial charge in [-0.05, 0) is 13.0 Å². The van der Waals surface area contributed by atoms with E-state index in [9.17, 15) is 4.79 Å². The normalized spacial score (nSPS) is 10.1. The number of hydrogen-bond acceptors (Lipinski definition) is 5. The van der Waals surface area contributed by atoms with Crippen LogP contribution in [0.3, 0.4) is 0 Å². The van der Waals surface area contributed by atoms with Crippen LogP contribution in [0.15, 0.2) is 24.7 Å². The molecule has 0 unspecified atom stereocenters. The molecule has 0 N–H and O–H groups in total. The van der Waals surface area contributed by atoms with Crippen LogP contribution < -0.4 is 0 Å². The van der Waals surface area contributed by atoms with E-state index in [1.807, 2.05) is 6.92 Å². The molecule has 0 aliphatic rings. The van der Waals surface area contributed by atoms with Gasteiger partial charge in [0.25, 0.3) is 0 Å². The minimum absolute atomic E-state index is 0.337. The van der Waals surface area contributed by atoms with Gasteiger partial charge < -0.3 is 4.74 Å². The number of carbonyl (C=O) groups is 1. The summed E-state index contributed by atoms with van der Waals surface area (Å²) >= 11 is 0. The number of ether oxygens (including phenoxy) is 1. The molecule has 2 aromatic rings. The first-order valence-electron chi connectivity index (χ1n) is 4.64. The number of hydrogen-bond donors (Lipinski definition) is 0. The number of nitrogens with zero attached hydrogens (tertiary/aromatic N) is 4. The average Bonchev–Trinajstić information content (AvgIpc) is 2.81. The maximum atomic E-state index is 11.5. The van der Waals surface area contributed by atoms with Crippen LogP contribution in [0.1, 0.15) is 16.1 Å². The average molecular weight is 218 g/mol. The lowest BCUT2D eigenvalue weighted by molar-refractivity contribution is 0.0600. The number of esters is 1. The maximum absolute atomic E-state index is 11.5. The van der Waals surface area contributed by atoms with Crippen LogP contribution in [0.25, 0.3) is 5.69 Å². The Morgan fingerprint density at radius 2 is 2.06 bits per heavy atom. The van der Waals surface area contributed by atoms with Crippen LogP contribution in [0.5, 0.6) is 0 Å². The van der Waals surface area contributed by atoms with E-state index in [1.165, 1.54) is 30.5 Å². The van der Waals surface area contributed by atoms with Gasteiger partial charge in [-0.2, -0.15) is 15.0 Å². The number of pyridine rings is 1. The summed E-state index contributed by atoms with van der Waals surface area (Å²) in [6, 6.07) is 1.73. The Morgan fingerprint density at radius 1 is 1.38 bits per heavy atom. The SMILES string of the molecule is COC(=O)c1cnc(C)cc1-n1nccn1. The first-order valence-corrected chi connectivity index (χ1v) is 4.64. The fourth-order valence-electron chi connectivity index (χ4n) is 1.32. The quantitative estimate of drug-likeness (QED) is 0.696. The van der Waals surface area contributed by atoms with Crippen molar-refractivity contribution >= 4 is 5.97 Å². The third kappa shape index (κ3) is 1.77. The lowest BCUT2D eigenvalue weighted by Gasteiger charge is -2.06. The van der Waals surface area contributed by atoms with Gasteiger partial charge in [-0.1, -0.05) is 0 Å². The minimum atomic E-state index is -0.459. The Labute approximate surface area is 91.9 Å². The van der Waals surface area contributed by atoms with Crippen molar-refractivity contribution in [3.8, 4) is 5.69 Å². The molecule has 2 heterocycles. The van der Waals surface area contributed by atoms with Gasteiger partial charge in [0.2, 0.25) is 0 Å². The second kappa shape index (κ2) is 4.09. The summed E-state index contributed by atoms with van der Waals surface area (Å²) in [4.78, 5) is 16.9. The van der Waals surface area contributed by atoms with Gasteiger partial charge >= 0.3 is 5.97 Å². The van der Waals surface area contributed by atoms with Crippen LogP contribution in [0.2, 0.25) is 0 Å². The molecular formula is C10H10N4O2. The highest BCUT2D eigenvalue weighted by Gasteiger charge is 2.15. The highest BCUT2D eigenvalue weighted by atomic mass is 16.5. The standard InChI is InChI=1S/C10H10N4O2/c1-7-5-9(14-12-3-4-13-14)8(6-11-7)10(15)16-2/h3-6H,1-2H3. The summed E-state index contributed by atoms with van der Waals surface area (Å²) in [6.07, 6.45) is 4.54. The Hall–Kier alpha value is -2.24. The molecule has 0 aromatic carbocycles. The lowest BCUT2D eigenvalue weighted by atomic mass is 10.2. The topological polar surface area (TPSA) is 69.9 Å². The van der Waals surface area contributed by atoms with Crippen LogP contribution in [-0.4, -0.2) is 33.1 Å². The Balaban J connectivity index is 2.57. The van der Waals surface area contributed by atoms with Crippen LogP contribution in [0.4, 0.5) is 0 Å². The van der Waals surface area contributed by atoms with Crippen LogP contribution in [-0.2, 0) is 4.74 Å². The van der Waals surface area contributed by atoms with Gasteiger partial charge in [0.15, 0.2) is 0 Å². The van der Waals surface area contributed by atoms with Gasteiger partial charge in [-0.15, -0.1) is 0 Å². The molecule has 0 spiro atoms. The zero-order valence-electron chi connectivity index (χ0n) is 8.91. The molecule has 0 atom stereocenters. The third-order valence-electron chi connectivity index (χ3n) is 2.06. The number of methoxy groups -OCH3 is 1. The van der Waals surface area contributed by atoms with E-state index in [2.05, 4.69) is 19.9 Å². The third-order valence-corrected chi connectivity index (χ3v) is 2.06. The molecule has 0 aliphatic carbocycles. The zero-order chi connectivity index (χ0) is 11.5. The molecule has 2 aromatic heterocycles. The summed E-state index contributed by atoms with van der Waals surface area (Å²) in [6.45, 7) is 1.83. The molecule has 0 aliphatic heterocycles. The molecule has 6 heteroatoms. The van der Waals surface area contributed by atoms with E-state index in [4.69, 9.17) is 0 Å². The Bertz CT molecular complexity index is 508. The van der Waals surface area contributed by atoms with Crippen LogP contribution >= 0.6 is 0 Å². The van der Waals surface area contributed by atoms with Crippen molar-refractivity contribution in [3.63, 3.8) is 0 Å². The van der Waals surface area contributed by atoms with Gasteiger partial charge in [-0.25, -0.2) is 4.79 Å². The monoisotopic (exact) mass is 218 g/mol. The smallest absolute Gasteiger partial charge is 0.341 e. The summed E-state index contributed by atoms with van der Waals surface area (Å²) in [5.74, 6) is -0.459. The summed E-state index contributed by atoms with van der Waals surface area (Å²) in [5, 5.41) is 7.95. The predicted molar refractivity (Wildman–Crippen MR) is 55.2 cm³/mol. The highest BCUT2D eigenvalue weighted by Crippen LogP contribution is 2.13. The molecular weight excluding hydrogens is 208 g/mol. The Kier molecular flexibility index (Phi) is 2.63. The van der Waals surface area contributed by atoms with Crippen LogP contribution in [0, 0.1) is 6.92 Å². The van der Waals surface area contributed by atoms with Crippen molar-refractivity contribution in [1.82, 2.24) is 20.0 Å². The van der Waals surface area contributed by atoms with Gasteiger partial charge in [0, 0.05) is 11.9 Å². The van der Waals surface area contributed by atoms with E-state index in [1.54, 1.807) is 6.07 Å². The van der Waals surface area contributed by atoms with Gasteiger partial charge in [-0.3, -0.25) is 4.98 Å². The minimum Gasteiger partial charge on any atom is -0.465 e. The Morgan fingerprint density at radius 3 is 2.69 bits per heavy atom. The van der Waals surface area contributed by atoms with Crippen molar-refractivity contribution in [2.45, 2.75) is 6.92 Å². The van der Waals surface area contributed by atoms with E-state index in [0.29, 0.717) is 11.3 Å². The zero-order valence-corrected chi connectivity index (χ0v) is 8.91. The first kappa shape index (κ1) is 10.3. The van der Waals surface area contributed by atoms with E-state index in [-0.39, 0.29) is 0 Å². The molecule has 16 heavy (non-hydrogen) atoms. The van der Waals surface area contributed by atoms with Crippen molar-refractivity contribution in [1.29, 1.82) is 0 Å². The maximum Gasteiger partial charge on any atom is 0.341 e. The molecule has 0 radical (unpaired) electrons. The summed E-state index contributed by atoms with van der Waals surface area (Å²) in [5.41, 5.74) is 1.67. The van der Waals surface area contributed by atoms with Gasteiger partial charge in [0.05, 0.1) is 19.5 Å². The van der Waals surface area contributed by atoms with Crippen molar-refractivity contribution < 1.29 is 9.53 Å². The molecule has 0 saturated heterocycles. The summed E-state index contributed by atoms with van der Waals surface area (Å²) in [7, 11) is 1.32. The van der Waals surface area contributed by atoms with E-state index >= 15 is 0 Å². The number of aromatic nitrogens is 4. The summed E-state index contributed by atoms with van der Waals surface area (Å²) < 4.78 is 4.67. The lowest BCUT2D eigenvalue weighted by Crippen LogP contribution is -2.11. The molecule has 0 fully saturated rings. The number of rotatable bonds is 2. The predicted octanol–water partition coefficient (Wildman–Crippen LogP) is 0.757. The van der Waals surface area contributed by atoms with E-state index < -0.39 is 5.97 Å². The number of aryl methyl sites for hydroxylation is 1. The molecule has 2 rings (SSSR count). The number of carbonyl (C=O) groups excluding carboxylic acids is 1. The second-order valence-electron chi connectivity index (χ2n) is 3.15. The molecule has 82 valence electrons. The first-order chi connectivity index (χ1) is 7.72. The van der Waals surface area contributed by atoms with Gasteiger partial charge in [0.1, 0.15) is 11.3 Å². The van der Waals surface area contributed by atoms with E-state index in [0.717, 1.165) is 5.69 Å².